The molecule has 2 aromatic carbocycles. The smallest absolute Gasteiger partial charge is 0.227 e. The van der Waals surface area contributed by atoms with Crippen LogP contribution in [0.25, 0.3) is 22.2 Å². The van der Waals surface area contributed by atoms with Crippen LogP contribution in [0, 0.1) is 0 Å². The number of benzene rings is 2. The van der Waals surface area contributed by atoms with Crippen LogP contribution in [0.3, 0.4) is 0 Å². The fourth-order valence-corrected chi connectivity index (χ4v) is 7.26. The number of nitrogens with one attached hydrogen (secondary N) is 1. The van der Waals surface area contributed by atoms with Gasteiger partial charge in [-0.3, -0.25) is 8.87 Å². The van der Waals surface area contributed by atoms with Crippen molar-refractivity contribution >= 4 is 62.4 Å². The van der Waals surface area contributed by atoms with Crippen LogP contribution in [0.1, 0.15) is 19.8 Å². The van der Waals surface area contributed by atoms with Crippen molar-refractivity contribution in [3.63, 3.8) is 0 Å². The number of nitrogens with zero attached hydrogens (tertiary/aromatic N) is 6. The Bertz CT molecular complexity index is 1560. The Labute approximate surface area is 253 Å². The molecule has 1 unspecified atom stereocenters. The van der Waals surface area contributed by atoms with Crippen molar-refractivity contribution in [2.75, 3.05) is 62.3 Å². The molecule has 2 aromatic heterocycles. The number of rotatable bonds is 7. The quantitative estimate of drug-likeness (QED) is 0.279. The highest BCUT2D eigenvalue weighted by Gasteiger charge is 2.27. The number of halogens is 2. The zero-order chi connectivity index (χ0) is 28.5. The lowest BCUT2D eigenvalue weighted by Gasteiger charge is -2.42. The zero-order valence-corrected chi connectivity index (χ0v) is 25.7. The highest BCUT2D eigenvalue weighted by atomic mass is 35.5. The molecular formula is C30H35Cl2N7OS. The summed E-state index contributed by atoms with van der Waals surface area (Å²) in [4.78, 5) is 16.6. The lowest BCUT2D eigenvalue weighted by atomic mass is 10.0. The normalized spacial score (nSPS) is 18.2. The summed E-state index contributed by atoms with van der Waals surface area (Å²) in [5, 5.41) is 5.35. The molecule has 4 aromatic rings. The molecule has 11 heteroatoms. The molecule has 2 aliphatic heterocycles. The first-order valence-electron chi connectivity index (χ1n) is 14.2. The van der Waals surface area contributed by atoms with Crippen molar-refractivity contribution < 1.29 is 4.21 Å². The monoisotopic (exact) mass is 611 g/mol. The maximum Gasteiger partial charge on any atom is 0.227 e. The summed E-state index contributed by atoms with van der Waals surface area (Å²) in [6.07, 6.45) is 5.77. The molecule has 0 saturated carbocycles. The molecule has 41 heavy (non-hydrogen) atoms. The van der Waals surface area contributed by atoms with Gasteiger partial charge in [0.1, 0.15) is 11.0 Å². The van der Waals surface area contributed by atoms with E-state index in [4.69, 9.17) is 28.2 Å². The predicted octanol–water partition coefficient (Wildman–Crippen LogP) is 5.90. The average Bonchev–Trinajstić information content (AvgIpc) is 3.38. The molecule has 216 valence electrons. The van der Waals surface area contributed by atoms with Gasteiger partial charge in [-0.15, -0.1) is 0 Å². The van der Waals surface area contributed by atoms with E-state index in [1.165, 1.54) is 0 Å². The Kier molecular flexibility index (Phi) is 8.51. The number of aromatic nitrogens is 3. The first-order chi connectivity index (χ1) is 19.9. The summed E-state index contributed by atoms with van der Waals surface area (Å²) in [5.41, 5.74) is 4.13. The van der Waals surface area contributed by atoms with Gasteiger partial charge in [0.25, 0.3) is 0 Å². The van der Waals surface area contributed by atoms with Crippen LogP contribution < -0.4 is 10.2 Å². The Balaban J connectivity index is 1.18. The van der Waals surface area contributed by atoms with Crippen LogP contribution >= 0.6 is 23.2 Å². The van der Waals surface area contributed by atoms with E-state index in [1.54, 1.807) is 10.2 Å². The molecule has 0 bridgehead atoms. The molecule has 0 amide bonds. The minimum absolute atomic E-state index is 0.412. The summed E-state index contributed by atoms with van der Waals surface area (Å²) in [7, 11) is 1.02. The average molecular weight is 613 g/mol. The molecular weight excluding hydrogens is 577 g/mol. The second kappa shape index (κ2) is 12.3. The summed E-state index contributed by atoms with van der Waals surface area (Å²) >= 11 is 13.4. The number of para-hydroxylation sites is 1. The topological polar surface area (TPSA) is 69.5 Å². The summed E-state index contributed by atoms with van der Waals surface area (Å²) in [6, 6.07) is 14.5. The summed E-state index contributed by atoms with van der Waals surface area (Å²) < 4.78 is 14.5. The SMILES string of the molecule is CCS(=O)n1cc(-c2nc(Nc3ccc(N4CCC(N5CCN(C)CC5)CC4)c(Cl)c3)ncc2Cl)c2ccccc21. The first-order valence-corrected chi connectivity index (χ1v) is 16.2. The van der Waals surface area contributed by atoms with Gasteiger partial charge >= 0.3 is 0 Å². The van der Waals surface area contributed by atoms with E-state index in [0.29, 0.717) is 33.5 Å². The molecule has 6 rings (SSSR count). The van der Waals surface area contributed by atoms with Gasteiger partial charge in [-0.05, 0) is 44.2 Å². The van der Waals surface area contributed by atoms with Crippen molar-refractivity contribution in [1.82, 2.24) is 23.7 Å². The molecule has 2 aliphatic rings. The van der Waals surface area contributed by atoms with Gasteiger partial charge in [0.2, 0.25) is 5.95 Å². The van der Waals surface area contributed by atoms with Gasteiger partial charge in [-0.2, -0.15) is 0 Å². The molecule has 0 radical (unpaired) electrons. The maximum atomic E-state index is 12.7. The van der Waals surface area contributed by atoms with E-state index in [9.17, 15) is 4.21 Å². The first kappa shape index (κ1) is 28.4. The molecule has 2 saturated heterocycles. The highest BCUT2D eigenvalue weighted by Crippen LogP contribution is 2.36. The van der Waals surface area contributed by atoms with Crippen LogP contribution in [0.2, 0.25) is 10.0 Å². The Hall–Kier alpha value is -2.69. The minimum atomic E-state index is -1.18. The van der Waals surface area contributed by atoms with E-state index >= 15 is 0 Å². The number of hydrogen-bond donors (Lipinski definition) is 1. The molecule has 2 fully saturated rings. The van der Waals surface area contributed by atoms with Crippen LogP contribution in [0.4, 0.5) is 17.3 Å². The third-order valence-corrected chi connectivity index (χ3v) is 10.0. The Morgan fingerprint density at radius 2 is 1.76 bits per heavy atom. The third-order valence-electron chi connectivity index (χ3n) is 8.21. The number of anilines is 3. The van der Waals surface area contributed by atoms with Gasteiger partial charge in [-0.1, -0.05) is 48.3 Å². The largest absolute Gasteiger partial charge is 0.370 e. The third kappa shape index (κ3) is 5.96. The van der Waals surface area contributed by atoms with Gasteiger partial charge in [0, 0.05) is 73.9 Å². The fourth-order valence-electron chi connectivity index (χ4n) is 5.89. The molecule has 0 spiro atoms. The maximum absolute atomic E-state index is 12.7. The fraction of sp³-hybridized carbons (Fsp3) is 0.400. The Morgan fingerprint density at radius 1 is 1.00 bits per heavy atom. The number of fused-ring (bicyclic) bond motifs is 1. The Morgan fingerprint density at radius 3 is 2.49 bits per heavy atom. The standard InChI is InChI=1S/C30H35Cl2N7OS/c1-3-41(40)39-20-24(23-6-4-5-7-27(23)39)29-26(32)19-33-30(35-29)34-21-8-9-28(25(31)18-21)38-12-10-22(11-13-38)37-16-14-36(2)15-17-37/h4-9,18-20,22H,3,10-17H2,1-2H3,(H,33,34,35). The van der Waals surface area contributed by atoms with Crippen LogP contribution in [-0.2, 0) is 11.0 Å². The highest BCUT2D eigenvalue weighted by molar-refractivity contribution is 7.83. The van der Waals surface area contributed by atoms with Crippen molar-refractivity contribution in [2.45, 2.75) is 25.8 Å². The second-order valence-corrected chi connectivity index (χ2v) is 13.2. The van der Waals surface area contributed by atoms with Crippen molar-refractivity contribution in [3.05, 3.63) is 64.9 Å². The van der Waals surface area contributed by atoms with E-state index in [-0.39, 0.29) is 0 Å². The van der Waals surface area contributed by atoms with Crippen molar-refractivity contribution in [1.29, 1.82) is 0 Å². The summed E-state index contributed by atoms with van der Waals surface area (Å²) in [6.45, 7) is 8.55. The number of piperidine rings is 1. The van der Waals surface area contributed by atoms with Crippen LogP contribution in [0.15, 0.2) is 54.9 Å². The van der Waals surface area contributed by atoms with E-state index in [0.717, 1.165) is 80.0 Å². The van der Waals surface area contributed by atoms with E-state index in [1.807, 2.05) is 49.5 Å². The number of likely N-dealkylation sites (N-methyl/N-ethyl adjacent to an activating group) is 1. The number of hydrogen-bond acceptors (Lipinski definition) is 7. The van der Waals surface area contributed by atoms with Gasteiger partial charge < -0.3 is 15.1 Å². The van der Waals surface area contributed by atoms with Crippen molar-refractivity contribution in [3.8, 4) is 11.3 Å². The second-order valence-electron chi connectivity index (χ2n) is 10.7. The lowest BCUT2D eigenvalue weighted by Crippen LogP contribution is -2.52. The molecule has 1 atom stereocenters. The lowest BCUT2D eigenvalue weighted by molar-refractivity contribution is 0.0982. The molecule has 0 aliphatic carbocycles. The van der Waals surface area contributed by atoms with Gasteiger partial charge in [0.05, 0.1) is 33.1 Å². The predicted molar refractivity (Wildman–Crippen MR) is 171 cm³/mol. The zero-order valence-electron chi connectivity index (χ0n) is 23.4. The molecule has 4 heterocycles. The minimum Gasteiger partial charge on any atom is -0.370 e. The van der Waals surface area contributed by atoms with Crippen LogP contribution in [-0.4, -0.2) is 86.1 Å². The van der Waals surface area contributed by atoms with Gasteiger partial charge in [-0.25, -0.2) is 14.2 Å². The number of piperazine rings is 1. The van der Waals surface area contributed by atoms with Crippen molar-refractivity contribution in [2.24, 2.45) is 0 Å². The molecule has 1 N–H and O–H groups in total. The van der Waals surface area contributed by atoms with Crippen LogP contribution in [0.5, 0.6) is 0 Å². The van der Waals surface area contributed by atoms with Gasteiger partial charge in [0.15, 0.2) is 0 Å². The molecule has 8 nitrogen and oxygen atoms in total. The van der Waals surface area contributed by atoms with E-state index in [2.05, 4.69) is 38.1 Å². The summed E-state index contributed by atoms with van der Waals surface area (Å²) in [5.74, 6) is 0.919. The van der Waals surface area contributed by atoms with E-state index < -0.39 is 11.0 Å².